The summed E-state index contributed by atoms with van der Waals surface area (Å²) < 4.78 is 0. The fourth-order valence-corrected chi connectivity index (χ4v) is 2.43. The summed E-state index contributed by atoms with van der Waals surface area (Å²) in [6, 6.07) is -0.150. The highest BCUT2D eigenvalue weighted by atomic mass is 16.4. The van der Waals surface area contributed by atoms with Gasteiger partial charge in [0, 0.05) is 26.2 Å². The van der Waals surface area contributed by atoms with Gasteiger partial charge in [-0.1, -0.05) is 20.8 Å². The fourth-order valence-electron chi connectivity index (χ4n) is 2.43. The molecule has 0 aliphatic carbocycles. The van der Waals surface area contributed by atoms with Crippen LogP contribution in [0.2, 0.25) is 0 Å². The van der Waals surface area contributed by atoms with Crippen LogP contribution in [0.15, 0.2) is 0 Å². The van der Waals surface area contributed by atoms with Gasteiger partial charge in [0.05, 0.1) is 5.92 Å². The van der Waals surface area contributed by atoms with Crippen molar-refractivity contribution in [1.82, 2.24) is 15.1 Å². The standard InChI is InChI=1S/C13H25N3O3/c1-4-15(5-2)7-6-14-13(19)16-8-10(3)11(9-16)12(17)18/h10-11H,4-9H2,1-3H3,(H,14,19)(H,17,18)/t10-,11-/m1/s1. The van der Waals surface area contributed by atoms with E-state index in [4.69, 9.17) is 5.11 Å². The number of likely N-dealkylation sites (tertiary alicyclic amines) is 1. The Labute approximate surface area is 114 Å². The average Bonchev–Trinajstić information content (AvgIpc) is 2.77. The number of aliphatic carboxylic acids is 1. The van der Waals surface area contributed by atoms with Gasteiger partial charge < -0.3 is 20.2 Å². The zero-order chi connectivity index (χ0) is 14.4. The number of likely N-dealkylation sites (N-methyl/N-ethyl adjacent to an activating group) is 1. The van der Waals surface area contributed by atoms with Crippen LogP contribution in [0.25, 0.3) is 0 Å². The molecule has 110 valence electrons. The van der Waals surface area contributed by atoms with Gasteiger partial charge in [-0.3, -0.25) is 4.79 Å². The molecule has 0 aromatic carbocycles. The van der Waals surface area contributed by atoms with Crippen LogP contribution in [0.5, 0.6) is 0 Å². The Bertz CT molecular complexity index is 318. The van der Waals surface area contributed by atoms with Gasteiger partial charge in [-0.05, 0) is 19.0 Å². The van der Waals surface area contributed by atoms with Gasteiger partial charge in [0.25, 0.3) is 0 Å². The van der Waals surface area contributed by atoms with Crippen molar-refractivity contribution in [3.05, 3.63) is 0 Å². The SMILES string of the molecule is CCN(CC)CCNC(=O)N1C[C@@H](C)[C@H](C(=O)O)C1. The molecule has 1 fully saturated rings. The van der Waals surface area contributed by atoms with Gasteiger partial charge in [0.15, 0.2) is 0 Å². The molecule has 0 aromatic rings. The number of urea groups is 1. The number of hydrogen-bond donors (Lipinski definition) is 2. The molecule has 2 N–H and O–H groups in total. The van der Waals surface area contributed by atoms with Crippen molar-refractivity contribution in [2.75, 3.05) is 39.3 Å². The number of hydrogen-bond acceptors (Lipinski definition) is 3. The Balaban J connectivity index is 2.33. The lowest BCUT2D eigenvalue weighted by Crippen LogP contribution is -2.42. The number of nitrogens with zero attached hydrogens (tertiary/aromatic N) is 2. The van der Waals surface area contributed by atoms with E-state index in [1.165, 1.54) is 0 Å². The predicted molar refractivity (Wildman–Crippen MR) is 73.0 cm³/mol. The largest absolute Gasteiger partial charge is 0.481 e. The monoisotopic (exact) mass is 271 g/mol. The fraction of sp³-hybridized carbons (Fsp3) is 0.846. The molecule has 1 aliphatic heterocycles. The first-order valence-corrected chi connectivity index (χ1v) is 6.97. The van der Waals surface area contributed by atoms with E-state index in [0.29, 0.717) is 19.6 Å². The second-order valence-corrected chi connectivity index (χ2v) is 5.09. The zero-order valence-corrected chi connectivity index (χ0v) is 12.1. The van der Waals surface area contributed by atoms with Gasteiger partial charge >= 0.3 is 12.0 Å². The minimum absolute atomic E-state index is 0.0195. The second kappa shape index (κ2) is 7.33. The topological polar surface area (TPSA) is 72.9 Å². The van der Waals surface area contributed by atoms with Gasteiger partial charge in [0.1, 0.15) is 0 Å². The molecule has 6 heteroatoms. The normalized spacial score (nSPS) is 22.8. The van der Waals surface area contributed by atoms with Crippen LogP contribution in [-0.2, 0) is 4.79 Å². The third-order valence-corrected chi connectivity index (χ3v) is 3.82. The molecule has 0 radical (unpaired) electrons. The highest BCUT2D eigenvalue weighted by Crippen LogP contribution is 2.22. The van der Waals surface area contributed by atoms with E-state index in [0.717, 1.165) is 19.6 Å². The molecule has 1 aliphatic rings. The molecular formula is C13H25N3O3. The molecule has 0 saturated carbocycles. The first-order valence-electron chi connectivity index (χ1n) is 6.97. The lowest BCUT2D eigenvalue weighted by molar-refractivity contribution is -0.142. The number of rotatable bonds is 6. The number of carboxylic acid groups (broad SMARTS) is 1. The maximum atomic E-state index is 11.9. The molecule has 0 bridgehead atoms. The van der Waals surface area contributed by atoms with Crippen LogP contribution in [0.1, 0.15) is 20.8 Å². The Morgan fingerprint density at radius 2 is 1.95 bits per heavy atom. The molecule has 6 nitrogen and oxygen atoms in total. The van der Waals surface area contributed by atoms with E-state index in [1.54, 1.807) is 4.90 Å². The van der Waals surface area contributed by atoms with Crippen LogP contribution in [0.4, 0.5) is 4.79 Å². The van der Waals surface area contributed by atoms with E-state index in [9.17, 15) is 9.59 Å². The first kappa shape index (κ1) is 15.8. The van der Waals surface area contributed by atoms with Crippen molar-refractivity contribution in [1.29, 1.82) is 0 Å². The summed E-state index contributed by atoms with van der Waals surface area (Å²) in [5, 5.41) is 11.9. The van der Waals surface area contributed by atoms with Crippen molar-refractivity contribution in [3.8, 4) is 0 Å². The minimum atomic E-state index is -0.814. The summed E-state index contributed by atoms with van der Waals surface area (Å²) in [5.41, 5.74) is 0. The van der Waals surface area contributed by atoms with Gasteiger partial charge in [-0.2, -0.15) is 0 Å². The predicted octanol–water partition coefficient (Wildman–Crippen LogP) is 0.690. The number of amides is 2. The van der Waals surface area contributed by atoms with E-state index >= 15 is 0 Å². The molecule has 2 amide bonds. The quantitative estimate of drug-likeness (QED) is 0.745. The Hall–Kier alpha value is -1.30. The number of nitrogens with one attached hydrogen (secondary N) is 1. The van der Waals surface area contributed by atoms with Crippen LogP contribution >= 0.6 is 0 Å². The van der Waals surface area contributed by atoms with Crippen LogP contribution in [0.3, 0.4) is 0 Å². The smallest absolute Gasteiger partial charge is 0.317 e. The molecule has 1 rings (SSSR count). The van der Waals surface area contributed by atoms with E-state index in [2.05, 4.69) is 24.1 Å². The Morgan fingerprint density at radius 3 is 2.42 bits per heavy atom. The highest BCUT2D eigenvalue weighted by molar-refractivity contribution is 5.77. The summed E-state index contributed by atoms with van der Waals surface area (Å²) >= 11 is 0. The lowest BCUT2D eigenvalue weighted by atomic mass is 9.99. The van der Waals surface area contributed by atoms with Crippen molar-refractivity contribution in [2.24, 2.45) is 11.8 Å². The Kier molecular flexibility index (Phi) is 6.08. The van der Waals surface area contributed by atoms with Crippen LogP contribution in [-0.4, -0.2) is 66.2 Å². The second-order valence-electron chi connectivity index (χ2n) is 5.09. The summed E-state index contributed by atoms with van der Waals surface area (Å²) in [5.74, 6) is -1.23. The van der Waals surface area contributed by atoms with Crippen LogP contribution < -0.4 is 5.32 Å². The third kappa shape index (κ3) is 4.38. The van der Waals surface area contributed by atoms with Crippen molar-refractivity contribution in [2.45, 2.75) is 20.8 Å². The lowest BCUT2D eigenvalue weighted by Gasteiger charge is -2.20. The number of carboxylic acids is 1. The zero-order valence-electron chi connectivity index (χ0n) is 12.1. The van der Waals surface area contributed by atoms with Crippen molar-refractivity contribution >= 4 is 12.0 Å². The van der Waals surface area contributed by atoms with E-state index in [-0.39, 0.29) is 11.9 Å². The number of carbonyl (C=O) groups excluding carboxylic acids is 1. The highest BCUT2D eigenvalue weighted by Gasteiger charge is 2.36. The first-order chi connectivity index (χ1) is 8.99. The van der Waals surface area contributed by atoms with E-state index in [1.807, 2.05) is 6.92 Å². The maximum Gasteiger partial charge on any atom is 0.317 e. The molecular weight excluding hydrogens is 246 g/mol. The van der Waals surface area contributed by atoms with Crippen molar-refractivity contribution < 1.29 is 14.7 Å². The molecule has 0 spiro atoms. The minimum Gasteiger partial charge on any atom is -0.481 e. The third-order valence-electron chi connectivity index (χ3n) is 3.82. The molecule has 1 heterocycles. The maximum absolute atomic E-state index is 11.9. The summed E-state index contributed by atoms with van der Waals surface area (Å²) in [6.07, 6.45) is 0. The molecule has 0 unspecified atom stereocenters. The molecule has 2 atom stereocenters. The van der Waals surface area contributed by atoms with E-state index < -0.39 is 11.9 Å². The Morgan fingerprint density at radius 1 is 1.32 bits per heavy atom. The van der Waals surface area contributed by atoms with Gasteiger partial charge in [-0.15, -0.1) is 0 Å². The van der Waals surface area contributed by atoms with Crippen LogP contribution in [0, 0.1) is 11.8 Å². The van der Waals surface area contributed by atoms with Gasteiger partial charge in [-0.25, -0.2) is 4.79 Å². The summed E-state index contributed by atoms with van der Waals surface area (Å²) in [4.78, 5) is 26.7. The number of carbonyl (C=O) groups is 2. The molecule has 19 heavy (non-hydrogen) atoms. The molecule has 1 saturated heterocycles. The summed E-state index contributed by atoms with van der Waals surface area (Å²) in [7, 11) is 0. The average molecular weight is 271 g/mol. The summed E-state index contributed by atoms with van der Waals surface area (Å²) in [6.45, 7) is 10.2. The van der Waals surface area contributed by atoms with Crippen molar-refractivity contribution in [3.63, 3.8) is 0 Å². The molecule has 0 aromatic heterocycles. The van der Waals surface area contributed by atoms with Gasteiger partial charge in [0.2, 0.25) is 0 Å².